The molecule has 3 heterocycles. The van der Waals surface area contributed by atoms with Crippen LogP contribution in [0.3, 0.4) is 0 Å². The van der Waals surface area contributed by atoms with Gasteiger partial charge in [0.15, 0.2) is 5.69 Å². The number of carbonyl (C=O) groups excluding carboxylic acids is 2. The van der Waals surface area contributed by atoms with Crippen LogP contribution in [-0.2, 0) is 0 Å². The summed E-state index contributed by atoms with van der Waals surface area (Å²) in [6.07, 6.45) is 2.26. The van der Waals surface area contributed by atoms with Gasteiger partial charge in [0.2, 0.25) is 0 Å². The Kier molecular flexibility index (Phi) is 5.03. The molecule has 26 heavy (non-hydrogen) atoms. The van der Waals surface area contributed by atoms with E-state index in [-0.39, 0.29) is 11.8 Å². The van der Waals surface area contributed by atoms with E-state index in [1.54, 1.807) is 6.07 Å². The van der Waals surface area contributed by atoms with Crippen LogP contribution >= 0.6 is 11.3 Å². The highest BCUT2D eigenvalue weighted by atomic mass is 32.1. The molecule has 8 heteroatoms. The lowest BCUT2D eigenvalue weighted by Gasteiger charge is -2.34. The van der Waals surface area contributed by atoms with E-state index >= 15 is 0 Å². The number of aromatic nitrogens is 1. The second-order valence-electron chi connectivity index (χ2n) is 6.76. The molecule has 0 aromatic carbocycles. The van der Waals surface area contributed by atoms with Crippen LogP contribution in [0.15, 0.2) is 28.1 Å². The summed E-state index contributed by atoms with van der Waals surface area (Å²) in [7, 11) is 0. The maximum atomic E-state index is 12.5. The van der Waals surface area contributed by atoms with Crippen molar-refractivity contribution >= 4 is 23.2 Å². The van der Waals surface area contributed by atoms with Gasteiger partial charge in [-0.3, -0.25) is 14.5 Å². The number of carbonyl (C=O) groups is 2. The van der Waals surface area contributed by atoms with E-state index in [0.717, 1.165) is 43.1 Å². The van der Waals surface area contributed by atoms with Crippen molar-refractivity contribution in [1.29, 1.82) is 0 Å². The Labute approximate surface area is 155 Å². The molecular weight excluding hydrogens is 352 g/mol. The van der Waals surface area contributed by atoms with Gasteiger partial charge in [-0.05, 0) is 24.3 Å². The summed E-state index contributed by atoms with van der Waals surface area (Å²) in [6, 6.07) is 5.49. The van der Waals surface area contributed by atoms with E-state index in [1.165, 1.54) is 11.3 Å². The fraction of sp³-hybridized carbons (Fsp3) is 0.500. The molecule has 2 aliphatic rings. The quantitative estimate of drug-likeness (QED) is 0.834. The topological polar surface area (TPSA) is 78.7 Å². The average molecular weight is 374 g/mol. The van der Waals surface area contributed by atoms with Crippen molar-refractivity contribution in [3.05, 3.63) is 39.9 Å². The van der Waals surface area contributed by atoms with Crippen LogP contribution in [0.5, 0.6) is 0 Å². The number of hydrogen-bond donors (Lipinski definition) is 1. The van der Waals surface area contributed by atoms with E-state index in [2.05, 4.69) is 15.4 Å². The van der Waals surface area contributed by atoms with Gasteiger partial charge in [-0.2, -0.15) is 0 Å². The van der Waals surface area contributed by atoms with Crippen LogP contribution in [0.25, 0.3) is 0 Å². The highest BCUT2D eigenvalue weighted by Gasteiger charge is 2.30. The third-order valence-corrected chi connectivity index (χ3v) is 5.71. The minimum Gasteiger partial charge on any atom is -0.360 e. The first-order valence-corrected chi connectivity index (χ1v) is 9.88. The SMILES string of the molecule is O=C(NCCN1CCN(C(=O)c2cc(C3CC3)on2)CC1)c1cccs1. The highest BCUT2D eigenvalue weighted by molar-refractivity contribution is 7.12. The van der Waals surface area contributed by atoms with Gasteiger partial charge in [-0.25, -0.2) is 0 Å². The van der Waals surface area contributed by atoms with Crippen molar-refractivity contribution in [1.82, 2.24) is 20.3 Å². The van der Waals surface area contributed by atoms with Crippen molar-refractivity contribution in [2.45, 2.75) is 18.8 Å². The summed E-state index contributed by atoms with van der Waals surface area (Å²) in [6.45, 7) is 4.34. The van der Waals surface area contributed by atoms with E-state index in [9.17, 15) is 9.59 Å². The summed E-state index contributed by atoms with van der Waals surface area (Å²) in [5, 5.41) is 8.77. The van der Waals surface area contributed by atoms with Crippen molar-refractivity contribution in [3.63, 3.8) is 0 Å². The zero-order chi connectivity index (χ0) is 17.9. The second kappa shape index (κ2) is 7.59. The molecule has 2 amide bonds. The number of amides is 2. The number of nitrogens with zero attached hydrogens (tertiary/aromatic N) is 3. The maximum absolute atomic E-state index is 12.5. The van der Waals surface area contributed by atoms with Crippen molar-refractivity contribution in [3.8, 4) is 0 Å². The average Bonchev–Trinajstić information content (AvgIpc) is 3.16. The first kappa shape index (κ1) is 17.2. The molecule has 0 bridgehead atoms. The molecule has 1 aliphatic carbocycles. The summed E-state index contributed by atoms with van der Waals surface area (Å²) >= 11 is 1.44. The van der Waals surface area contributed by atoms with Crippen LogP contribution in [0.4, 0.5) is 0 Å². The fourth-order valence-corrected chi connectivity index (χ4v) is 3.75. The molecule has 0 radical (unpaired) electrons. The van der Waals surface area contributed by atoms with E-state index in [1.807, 2.05) is 22.4 Å². The normalized spacial score (nSPS) is 18.1. The van der Waals surface area contributed by atoms with Crippen molar-refractivity contribution in [2.24, 2.45) is 0 Å². The first-order valence-electron chi connectivity index (χ1n) is 9.00. The van der Waals surface area contributed by atoms with Crippen LogP contribution in [0.2, 0.25) is 0 Å². The number of piperazine rings is 1. The Bertz CT molecular complexity index is 761. The van der Waals surface area contributed by atoms with Crippen LogP contribution in [0.1, 0.15) is 44.7 Å². The molecule has 1 N–H and O–H groups in total. The van der Waals surface area contributed by atoms with Gasteiger partial charge in [-0.15, -0.1) is 11.3 Å². The predicted molar refractivity (Wildman–Crippen MR) is 97.5 cm³/mol. The monoisotopic (exact) mass is 374 g/mol. The van der Waals surface area contributed by atoms with Crippen LogP contribution in [-0.4, -0.2) is 66.0 Å². The zero-order valence-electron chi connectivity index (χ0n) is 14.5. The maximum Gasteiger partial charge on any atom is 0.276 e. The molecule has 1 saturated carbocycles. The van der Waals surface area contributed by atoms with E-state index < -0.39 is 0 Å². The molecule has 2 aromatic heterocycles. The molecule has 0 unspecified atom stereocenters. The van der Waals surface area contributed by atoms with Gasteiger partial charge in [0.1, 0.15) is 5.76 Å². The molecule has 7 nitrogen and oxygen atoms in total. The Hall–Kier alpha value is -2.19. The summed E-state index contributed by atoms with van der Waals surface area (Å²) < 4.78 is 5.28. The minimum atomic E-state index is -0.0497. The van der Waals surface area contributed by atoms with E-state index in [0.29, 0.717) is 31.2 Å². The molecule has 1 aliphatic heterocycles. The summed E-state index contributed by atoms with van der Waals surface area (Å²) in [5.74, 6) is 1.23. The number of thiophene rings is 1. The second-order valence-corrected chi connectivity index (χ2v) is 7.70. The third kappa shape index (κ3) is 3.96. The summed E-state index contributed by atoms with van der Waals surface area (Å²) in [4.78, 5) is 29.3. The molecule has 0 atom stereocenters. The number of hydrogen-bond acceptors (Lipinski definition) is 6. The number of rotatable bonds is 6. The Morgan fingerprint density at radius 1 is 1.27 bits per heavy atom. The van der Waals surface area contributed by atoms with Gasteiger partial charge >= 0.3 is 0 Å². The van der Waals surface area contributed by atoms with Gasteiger partial charge in [0.25, 0.3) is 11.8 Å². The zero-order valence-corrected chi connectivity index (χ0v) is 15.3. The lowest BCUT2D eigenvalue weighted by molar-refractivity contribution is 0.0628. The molecule has 138 valence electrons. The molecule has 2 fully saturated rings. The molecule has 1 saturated heterocycles. The Morgan fingerprint density at radius 2 is 2.08 bits per heavy atom. The largest absolute Gasteiger partial charge is 0.360 e. The molecule has 2 aromatic rings. The highest BCUT2D eigenvalue weighted by Crippen LogP contribution is 2.40. The molecule has 4 rings (SSSR count). The summed E-state index contributed by atoms with van der Waals surface area (Å²) in [5.41, 5.74) is 0.420. The lowest BCUT2D eigenvalue weighted by atomic mass is 10.2. The molecular formula is C18H22N4O3S. The van der Waals surface area contributed by atoms with Gasteiger partial charge in [0, 0.05) is 51.3 Å². The fourth-order valence-electron chi connectivity index (χ4n) is 3.11. The van der Waals surface area contributed by atoms with Crippen LogP contribution < -0.4 is 5.32 Å². The predicted octanol–water partition coefficient (Wildman–Crippen LogP) is 1.80. The van der Waals surface area contributed by atoms with Gasteiger partial charge in [0.05, 0.1) is 4.88 Å². The Balaban J connectivity index is 1.19. The standard InChI is InChI=1S/C18H22N4O3S/c23-17(16-2-1-11-26-16)19-5-6-21-7-9-22(10-8-21)18(24)14-12-15(25-20-14)13-3-4-13/h1-2,11-13H,3-10H2,(H,19,23). The van der Waals surface area contributed by atoms with Crippen LogP contribution in [0, 0.1) is 0 Å². The first-order chi connectivity index (χ1) is 12.7. The van der Waals surface area contributed by atoms with Gasteiger partial charge in [-0.1, -0.05) is 11.2 Å². The minimum absolute atomic E-state index is 0.0219. The van der Waals surface area contributed by atoms with E-state index in [4.69, 9.17) is 4.52 Å². The molecule has 0 spiro atoms. The number of nitrogens with one attached hydrogen (secondary N) is 1. The van der Waals surface area contributed by atoms with Crippen molar-refractivity contribution < 1.29 is 14.1 Å². The van der Waals surface area contributed by atoms with Crippen molar-refractivity contribution in [2.75, 3.05) is 39.3 Å². The third-order valence-electron chi connectivity index (χ3n) is 4.85. The smallest absolute Gasteiger partial charge is 0.276 e. The lowest BCUT2D eigenvalue weighted by Crippen LogP contribution is -2.50. The van der Waals surface area contributed by atoms with Gasteiger partial charge < -0.3 is 14.7 Å². The Morgan fingerprint density at radius 3 is 2.77 bits per heavy atom.